The van der Waals surface area contributed by atoms with Crippen LogP contribution in [0.25, 0.3) is 0 Å². The van der Waals surface area contributed by atoms with Crippen molar-refractivity contribution in [2.75, 3.05) is 7.11 Å². The van der Waals surface area contributed by atoms with Crippen LogP contribution >= 0.6 is 0 Å². The van der Waals surface area contributed by atoms with Crippen molar-refractivity contribution in [3.05, 3.63) is 11.8 Å². The molecule has 0 saturated carbocycles. The Kier molecular flexibility index (Phi) is 1.91. The summed E-state index contributed by atoms with van der Waals surface area (Å²) in [5.74, 6) is 0.159. The lowest BCUT2D eigenvalue weighted by molar-refractivity contribution is 0.181. The molecule has 0 aliphatic rings. The van der Waals surface area contributed by atoms with E-state index in [9.17, 15) is 0 Å². The van der Waals surface area contributed by atoms with Gasteiger partial charge < -0.3 is 9.84 Å². The Hall–Kier alpha value is -1.03. The summed E-state index contributed by atoms with van der Waals surface area (Å²) in [5, 5.41) is 13.0. The van der Waals surface area contributed by atoms with E-state index in [0.717, 1.165) is 5.69 Å². The van der Waals surface area contributed by atoms with E-state index >= 15 is 0 Å². The zero-order valence-corrected chi connectivity index (χ0v) is 6.03. The highest BCUT2D eigenvalue weighted by molar-refractivity contribution is 5.12. The van der Waals surface area contributed by atoms with E-state index in [1.54, 1.807) is 20.2 Å². The minimum absolute atomic E-state index is 0.159. The summed E-state index contributed by atoms with van der Waals surface area (Å²) in [4.78, 5) is 0. The molecule has 0 amide bonds. The summed E-state index contributed by atoms with van der Waals surface area (Å²) in [5.41, 5.74) is 0.738. The van der Waals surface area contributed by atoms with Gasteiger partial charge in [-0.3, -0.25) is 0 Å². The fraction of sp³-hybridized carbons (Fsp3) is 0.500. The van der Waals surface area contributed by atoms with E-state index in [1.807, 2.05) is 0 Å². The van der Waals surface area contributed by atoms with Gasteiger partial charge in [0.2, 0.25) is 5.88 Å². The van der Waals surface area contributed by atoms with E-state index in [-0.39, 0.29) is 5.88 Å². The fourth-order valence-electron chi connectivity index (χ4n) is 0.734. The van der Waals surface area contributed by atoms with Crippen molar-refractivity contribution >= 4 is 0 Å². The third-order valence-corrected chi connectivity index (χ3v) is 1.20. The van der Waals surface area contributed by atoms with Crippen molar-refractivity contribution < 1.29 is 9.84 Å². The third-order valence-electron chi connectivity index (χ3n) is 1.20. The van der Waals surface area contributed by atoms with Crippen LogP contribution in [0.5, 0.6) is 5.88 Å². The number of ether oxygens (including phenoxy) is 1. The molecule has 0 aliphatic heterocycles. The van der Waals surface area contributed by atoms with Crippen LogP contribution in [0.4, 0.5) is 0 Å². The Bertz CT molecular complexity index is 200. The summed E-state index contributed by atoms with van der Waals surface area (Å²) < 4.78 is 6.21. The van der Waals surface area contributed by atoms with Crippen molar-refractivity contribution in [1.82, 2.24) is 9.78 Å². The van der Waals surface area contributed by atoms with Crippen LogP contribution < -0.4 is 0 Å². The van der Waals surface area contributed by atoms with Crippen LogP contribution in [0.3, 0.4) is 0 Å². The van der Waals surface area contributed by atoms with E-state index in [4.69, 9.17) is 9.84 Å². The van der Waals surface area contributed by atoms with Crippen LogP contribution in [0.2, 0.25) is 0 Å². The largest absolute Gasteiger partial charge is 0.493 e. The number of aromatic nitrogens is 2. The van der Waals surface area contributed by atoms with Gasteiger partial charge in [0.15, 0.2) is 0 Å². The number of hydrogen-bond acceptors (Lipinski definition) is 3. The first kappa shape index (κ1) is 7.08. The van der Waals surface area contributed by atoms with E-state index in [2.05, 4.69) is 5.10 Å². The standard InChI is InChI=1S/C6H10N2O2/c1-8-6(9)3-5(7-8)4-10-2/h3,9H,4H2,1-2H3. The zero-order chi connectivity index (χ0) is 7.56. The molecular weight excluding hydrogens is 132 g/mol. The molecule has 1 aromatic heterocycles. The average molecular weight is 142 g/mol. The number of nitrogens with zero attached hydrogens (tertiary/aromatic N) is 2. The van der Waals surface area contributed by atoms with Gasteiger partial charge in [-0.15, -0.1) is 0 Å². The highest BCUT2D eigenvalue weighted by Crippen LogP contribution is 2.08. The van der Waals surface area contributed by atoms with Crippen molar-refractivity contribution in [2.45, 2.75) is 6.61 Å². The highest BCUT2D eigenvalue weighted by atomic mass is 16.5. The number of aryl methyl sites for hydroxylation is 1. The molecular formula is C6H10N2O2. The predicted octanol–water partition coefficient (Wildman–Crippen LogP) is 0.272. The summed E-state index contributed by atoms with van der Waals surface area (Å²) in [7, 11) is 3.26. The fourth-order valence-corrected chi connectivity index (χ4v) is 0.734. The lowest BCUT2D eigenvalue weighted by Crippen LogP contribution is -1.92. The maximum absolute atomic E-state index is 9.01. The van der Waals surface area contributed by atoms with Gasteiger partial charge in [-0.1, -0.05) is 0 Å². The summed E-state index contributed by atoms with van der Waals surface area (Å²) in [6.07, 6.45) is 0. The molecule has 1 rings (SSSR count). The van der Waals surface area contributed by atoms with E-state index in [1.165, 1.54) is 4.68 Å². The molecule has 0 unspecified atom stereocenters. The lowest BCUT2D eigenvalue weighted by atomic mass is 10.5. The molecule has 0 radical (unpaired) electrons. The van der Waals surface area contributed by atoms with Gasteiger partial charge in [0.05, 0.1) is 12.3 Å². The first-order valence-electron chi connectivity index (χ1n) is 2.95. The summed E-state index contributed by atoms with van der Waals surface area (Å²) >= 11 is 0. The van der Waals surface area contributed by atoms with Gasteiger partial charge >= 0.3 is 0 Å². The SMILES string of the molecule is COCc1cc(O)n(C)n1. The van der Waals surface area contributed by atoms with E-state index in [0.29, 0.717) is 6.61 Å². The molecule has 0 aliphatic carbocycles. The molecule has 1 heterocycles. The molecule has 4 heteroatoms. The van der Waals surface area contributed by atoms with Crippen LogP contribution in [-0.2, 0) is 18.4 Å². The predicted molar refractivity (Wildman–Crippen MR) is 35.6 cm³/mol. The maximum Gasteiger partial charge on any atom is 0.209 e. The van der Waals surface area contributed by atoms with Crippen molar-refractivity contribution in [2.24, 2.45) is 7.05 Å². The van der Waals surface area contributed by atoms with E-state index < -0.39 is 0 Å². The molecule has 1 aromatic rings. The monoisotopic (exact) mass is 142 g/mol. The molecule has 10 heavy (non-hydrogen) atoms. The third kappa shape index (κ3) is 1.27. The molecule has 4 nitrogen and oxygen atoms in total. The van der Waals surface area contributed by atoms with Crippen molar-refractivity contribution in [1.29, 1.82) is 0 Å². The minimum atomic E-state index is 0.159. The van der Waals surface area contributed by atoms with Crippen LogP contribution in [-0.4, -0.2) is 22.0 Å². The Balaban J connectivity index is 2.77. The van der Waals surface area contributed by atoms with Gasteiger partial charge in [-0.05, 0) is 0 Å². The molecule has 1 N–H and O–H groups in total. The molecule has 0 fully saturated rings. The number of rotatable bonds is 2. The van der Waals surface area contributed by atoms with Gasteiger partial charge in [0, 0.05) is 20.2 Å². The maximum atomic E-state index is 9.01. The Labute approximate surface area is 59.0 Å². The first-order chi connectivity index (χ1) is 4.74. The van der Waals surface area contributed by atoms with Crippen LogP contribution in [0.15, 0.2) is 6.07 Å². The Morgan fingerprint density at radius 3 is 2.90 bits per heavy atom. The summed E-state index contributed by atoms with van der Waals surface area (Å²) in [6.45, 7) is 0.439. The second-order valence-corrected chi connectivity index (χ2v) is 2.05. The average Bonchev–Trinajstić information content (AvgIpc) is 2.14. The van der Waals surface area contributed by atoms with Crippen LogP contribution in [0, 0.1) is 0 Å². The molecule has 0 atom stereocenters. The molecule has 0 saturated heterocycles. The summed E-state index contributed by atoms with van der Waals surface area (Å²) in [6, 6.07) is 1.57. The van der Waals surface area contributed by atoms with Crippen molar-refractivity contribution in [3.8, 4) is 5.88 Å². The second kappa shape index (κ2) is 2.70. The topological polar surface area (TPSA) is 47.3 Å². The van der Waals surface area contributed by atoms with Crippen LogP contribution in [0.1, 0.15) is 5.69 Å². The van der Waals surface area contributed by atoms with Gasteiger partial charge in [-0.25, -0.2) is 4.68 Å². The number of hydrogen-bond donors (Lipinski definition) is 1. The van der Waals surface area contributed by atoms with Gasteiger partial charge in [0.1, 0.15) is 0 Å². The second-order valence-electron chi connectivity index (χ2n) is 2.05. The Morgan fingerprint density at radius 2 is 2.50 bits per heavy atom. The molecule has 0 spiro atoms. The normalized spacial score (nSPS) is 10.2. The molecule has 56 valence electrons. The molecule has 0 aromatic carbocycles. The highest BCUT2D eigenvalue weighted by Gasteiger charge is 2.00. The number of methoxy groups -OCH3 is 1. The number of aromatic hydroxyl groups is 1. The molecule has 0 bridgehead atoms. The van der Waals surface area contributed by atoms with Crippen molar-refractivity contribution in [3.63, 3.8) is 0 Å². The van der Waals surface area contributed by atoms with Gasteiger partial charge in [0.25, 0.3) is 0 Å². The van der Waals surface area contributed by atoms with Gasteiger partial charge in [-0.2, -0.15) is 5.10 Å². The first-order valence-corrected chi connectivity index (χ1v) is 2.95. The zero-order valence-electron chi connectivity index (χ0n) is 6.03. The Morgan fingerprint density at radius 1 is 1.80 bits per heavy atom. The quantitative estimate of drug-likeness (QED) is 0.644. The lowest BCUT2D eigenvalue weighted by Gasteiger charge is -1.89. The minimum Gasteiger partial charge on any atom is -0.493 e. The smallest absolute Gasteiger partial charge is 0.209 e.